The number of tetrazole rings is 2. The summed E-state index contributed by atoms with van der Waals surface area (Å²) < 4.78 is 34.2. The first-order valence-electron chi connectivity index (χ1n) is 9.01. The van der Waals surface area contributed by atoms with Crippen LogP contribution in [0.15, 0.2) is 30.5 Å². The molecule has 4 N–H and O–H groups in total. The Balaban J connectivity index is 1.48. The monoisotopic (exact) mass is 444 g/mol. The molecule has 0 aliphatic carbocycles. The molecule has 3 heterocycles. The van der Waals surface area contributed by atoms with Gasteiger partial charge in [0.05, 0.1) is 18.5 Å². The van der Waals surface area contributed by atoms with E-state index in [1.165, 1.54) is 18.3 Å². The van der Waals surface area contributed by atoms with Crippen LogP contribution in [0.5, 0.6) is 11.6 Å². The zero-order chi connectivity index (χ0) is 22.7. The van der Waals surface area contributed by atoms with Crippen molar-refractivity contribution in [1.29, 1.82) is 0 Å². The molecule has 0 fully saturated rings. The van der Waals surface area contributed by atoms with Crippen molar-refractivity contribution < 1.29 is 23.4 Å². The molecule has 0 spiro atoms. The van der Waals surface area contributed by atoms with Gasteiger partial charge < -0.3 is 15.6 Å². The van der Waals surface area contributed by atoms with Crippen molar-refractivity contribution in [2.24, 2.45) is 5.73 Å². The van der Waals surface area contributed by atoms with E-state index < -0.39 is 23.6 Å². The van der Waals surface area contributed by atoms with Gasteiger partial charge in [0, 0.05) is 23.9 Å². The molecule has 15 heteroatoms. The molecule has 4 aromatic rings. The summed E-state index contributed by atoms with van der Waals surface area (Å²) in [5, 5.41) is 33.3. The number of aromatic nitrogens is 9. The Kier molecular flexibility index (Phi) is 5.71. The molecule has 0 aliphatic heterocycles. The number of H-pyrrole nitrogens is 1. The van der Waals surface area contributed by atoms with Crippen molar-refractivity contribution in [3.05, 3.63) is 42.1 Å². The van der Waals surface area contributed by atoms with Crippen molar-refractivity contribution in [3.8, 4) is 34.4 Å². The highest BCUT2D eigenvalue weighted by molar-refractivity contribution is 5.67. The zero-order valence-corrected chi connectivity index (χ0v) is 16.1. The second-order valence-corrected chi connectivity index (χ2v) is 6.52. The molecule has 0 bridgehead atoms. The predicted octanol–water partition coefficient (Wildman–Crippen LogP) is 0.788. The lowest BCUT2D eigenvalue weighted by Gasteiger charge is -2.08. The molecule has 0 unspecified atom stereocenters. The van der Waals surface area contributed by atoms with Crippen LogP contribution in [0, 0.1) is 11.6 Å². The lowest BCUT2D eigenvalue weighted by Crippen LogP contribution is -2.30. The fourth-order valence-corrected chi connectivity index (χ4v) is 2.69. The number of carboxylic acids is 1. The van der Waals surface area contributed by atoms with Crippen LogP contribution in [0.4, 0.5) is 8.78 Å². The van der Waals surface area contributed by atoms with Gasteiger partial charge in [-0.3, -0.25) is 4.79 Å². The molecule has 3 aromatic heterocycles. The first kappa shape index (κ1) is 20.9. The molecule has 32 heavy (non-hydrogen) atoms. The highest BCUT2D eigenvalue weighted by Crippen LogP contribution is 2.28. The van der Waals surface area contributed by atoms with Crippen molar-refractivity contribution in [2.45, 2.75) is 19.0 Å². The van der Waals surface area contributed by atoms with E-state index in [0.717, 1.165) is 16.9 Å². The first-order chi connectivity index (χ1) is 15.4. The number of halogens is 2. The summed E-state index contributed by atoms with van der Waals surface area (Å²) >= 11 is 0. The summed E-state index contributed by atoms with van der Waals surface area (Å²) in [6.45, 7) is -0.00703. The van der Waals surface area contributed by atoms with Gasteiger partial charge in [0.15, 0.2) is 5.82 Å². The van der Waals surface area contributed by atoms with E-state index in [1.807, 2.05) is 0 Å². The lowest BCUT2D eigenvalue weighted by atomic mass is 10.2. The minimum Gasteiger partial charge on any atom is -0.481 e. The molecule has 4 rings (SSSR count). The van der Waals surface area contributed by atoms with E-state index in [1.54, 1.807) is 0 Å². The van der Waals surface area contributed by atoms with Gasteiger partial charge in [-0.2, -0.15) is 10.0 Å². The number of carbonyl (C=O) groups is 1. The van der Waals surface area contributed by atoms with Gasteiger partial charge in [-0.15, -0.1) is 20.4 Å². The molecule has 0 saturated carbocycles. The number of nitrogens with zero attached hydrogens (tertiary/aromatic N) is 8. The molecule has 0 radical (unpaired) electrons. The smallest absolute Gasteiger partial charge is 0.304 e. The summed E-state index contributed by atoms with van der Waals surface area (Å²) in [5.41, 5.74) is 5.97. The molecular weight excluding hydrogens is 430 g/mol. The van der Waals surface area contributed by atoms with Crippen LogP contribution in [-0.4, -0.2) is 62.9 Å². The summed E-state index contributed by atoms with van der Waals surface area (Å²) in [6, 6.07) is 4.09. The van der Waals surface area contributed by atoms with E-state index >= 15 is 0 Å². The van der Waals surface area contributed by atoms with E-state index in [0.29, 0.717) is 0 Å². The van der Waals surface area contributed by atoms with Crippen LogP contribution >= 0.6 is 0 Å². The lowest BCUT2D eigenvalue weighted by molar-refractivity contribution is -0.137. The number of rotatable bonds is 8. The van der Waals surface area contributed by atoms with Crippen LogP contribution in [0.3, 0.4) is 0 Å². The predicted molar refractivity (Wildman–Crippen MR) is 101 cm³/mol. The second-order valence-electron chi connectivity index (χ2n) is 6.52. The number of ether oxygens (including phenoxy) is 1. The normalized spacial score (nSPS) is 12.0. The standard InChI is InChI=1S/C17H14F2N10O3/c18-12-5-10(32-17-13(19)3-8(6-21-17)15-22-26-27-23-15)1-2-11(12)16-24-28-29(25-16)7-9(20)4-14(30)31/h1-3,5-6,9H,4,7,20H2,(H,30,31)(H,22,23,26,27)/t9-/m0/s1. The number of pyridine rings is 1. The average molecular weight is 444 g/mol. The van der Waals surface area contributed by atoms with Crippen LogP contribution in [-0.2, 0) is 11.3 Å². The fourth-order valence-electron chi connectivity index (χ4n) is 2.69. The van der Waals surface area contributed by atoms with Crippen LogP contribution < -0.4 is 10.5 Å². The van der Waals surface area contributed by atoms with Gasteiger partial charge in [0.2, 0.25) is 11.6 Å². The molecule has 1 atom stereocenters. The minimum absolute atomic E-state index is 0.00703. The third-order valence-electron chi connectivity index (χ3n) is 4.09. The number of hydrogen-bond donors (Lipinski definition) is 3. The number of aromatic amines is 1. The number of aliphatic carboxylic acids is 1. The van der Waals surface area contributed by atoms with Crippen molar-refractivity contribution in [2.75, 3.05) is 0 Å². The number of nitrogens with one attached hydrogen (secondary N) is 1. The topological polar surface area (TPSA) is 184 Å². The highest BCUT2D eigenvalue weighted by atomic mass is 19.1. The van der Waals surface area contributed by atoms with Gasteiger partial charge in [0.1, 0.15) is 11.6 Å². The Morgan fingerprint density at radius 3 is 2.75 bits per heavy atom. The van der Waals surface area contributed by atoms with E-state index in [-0.39, 0.29) is 47.4 Å². The third kappa shape index (κ3) is 4.67. The molecule has 0 saturated heterocycles. The fraction of sp³-hybridized carbons (Fsp3) is 0.176. The summed E-state index contributed by atoms with van der Waals surface area (Å²) in [7, 11) is 0. The van der Waals surface area contributed by atoms with E-state index in [9.17, 15) is 13.6 Å². The van der Waals surface area contributed by atoms with Crippen LogP contribution in [0.25, 0.3) is 22.8 Å². The van der Waals surface area contributed by atoms with Crippen LogP contribution in [0.1, 0.15) is 6.42 Å². The number of nitrogens with two attached hydrogens (primary N) is 1. The highest BCUT2D eigenvalue weighted by Gasteiger charge is 2.17. The summed E-state index contributed by atoms with van der Waals surface area (Å²) in [5.74, 6) is -2.88. The maximum Gasteiger partial charge on any atom is 0.304 e. The van der Waals surface area contributed by atoms with Crippen molar-refractivity contribution in [1.82, 2.24) is 45.8 Å². The molecular formula is C17H14F2N10O3. The Hall–Kier alpha value is -4.40. The van der Waals surface area contributed by atoms with Gasteiger partial charge >= 0.3 is 5.97 Å². The second kappa shape index (κ2) is 8.76. The third-order valence-corrected chi connectivity index (χ3v) is 4.09. The molecule has 13 nitrogen and oxygen atoms in total. The van der Waals surface area contributed by atoms with E-state index in [4.69, 9.17) is 15.6 Å². The Bertz CT molecular complexity index is 1250. The van der Waals surface area contributed by atoms with Gasteiger partial charge in [-0.1, -0.05) is 0 Å². The van der Waals surface area contributed by atoms with Crippen LogP contribution in [0.2, 0.25) is 0 Å². The number of hydrogen-bond acceptors (Lipinski definition) is 10. The Labute approximate surface area is 177 Å². The number of benzene rings is 1. The van der Waals surface area contributed by atoms with Gasteiger partial charge in [-0.25, -0.2) is 13.8 Å². The Morgan fingerprint density at radius 2 is 2.06 bits per heavy atom. The molecule has 164 valence electrons. The van der Waals surface area contributed by atoms with Gasteiger partial charge in [-0.05, 0) is 28.6 Å². The zero-order valence-electron chi connectivity index (χ0n) is 16.1. The molecule has 1 aromatic carbocycles. The summed E-state index contributed by atoms with van der Waals surface area (Å²) in [6.07, 6.45) is 1.00. The SMILES string of the molecule is N[C@@H](CC(=O)O)Cn1nnc(-c2ccc(Oc3ncc(-c4nn[nH]n4)cc3F)cc2F)n1. The minimum atomic E-state index is -1.06. The molecule has 0 aliphatic rings. The maximum atomic E-state index is 14.6. The quantitative estimate of drug-likeness (QED) is 0.349. The summed E-state index contributed by atoms with van der Waals surface area (Å²) in [4.78, 5) is 15.6. The largest absolute Gasteiger partial charge is 0.481 e. The van der Waals surface area contributed by atoms with E-state index in [2.05, 4.69) is 41.0 Å². The maximum absolute atomic E-state index is 14.6. The average Bonchev–Trinajstić information content (AvgIpc) is 3.41. The first-order valence-corrected chi connectivity index (χ1v) is 9.01. The molecule has 0 amide bonds. The number of carboxylic acid groups (broad SMARTS) is 1. The van der Waals surface area contributed by atoms with Crippen molar-refractivity contribution in [3.63, 3.8) is 0 Å². The Morgan fingerprint density at radius 1 is 1.22 bits per heavy atom. The van der Waals surface area contributed by atoms with Crippen molar-refractivity contribution >= 4 is 5.97 Å². The van der Waals surface area contributed by atoms with Gasteiger partial charge in [0.25, 0.3) is 5.88 Å².